The third kappa shape index (κ3) is 7.02. The van der Waals surface area contributed by atoms with Gasteiger partial charge in [0, 0.05) is 51.2 Å². The molecule has 2 amide bonds. The Balaban J connectivity index is 1.58. The Labute approximate surface area is 202 Å². The first-order valence-corrected chi connectivity index (χ1v) is 12.1. The van der Waals surface area contributed by atoms with Crippen molar-refractivity contribution in [2.75, 3.05) is 31.7 Å². The van der Waals surface area contributed by atoms with E-state index >= 15 is 0 Å². The van der Waals surface area contributed by atoms with Crippen molar-refractivity contribution in [2.45, 2.75) is 45.3 Å². The maximum absolute atomic E-state index is 12.7. The predicted molar refractivity (Wildman–Crippen MR) is 134 cm³/mol. The molecule has 1 aliphatic rings. The Morgan fingerprint density at radius 1 is 1.15 bits per heavy atom. The van der Waals surface area contributed by atoms with Crippen molar-refractivity contribution in [2.24, 2.45) is 5.92 Å². The molecule has 1 aliphatic heterocycles. The van der Waals surface area contributed by atoms with Crippen molar-refractivity contribution in [1.82, 2.24) is 4.90 Å². The second-order valence-electron chi connectivity index (χ2n) is 8.77. The number of ether oxygens (including phenoxy) is 1. The van der Waals surface area contributed by atoms with Gasteiger partial charge < -0.3 is 19.6 Å². The maximum atomic E-state index is 12.7. The summed E-state index contributed by atoms with van der Waals surface area (Å²) >= 11 is 0. The first kappa shape index (κ1) is 25.7. The summed E-state index contributed by atoms with van der Waals surface area (Å²) in [5.41, 5.74) is 3.00. The van der Waals surface area contributed by atoms with Gasteiger partial charge in [0.1, 0.15) is 0 Å². The molecule has 1 N–H and O–H groups in total. The number of hydrogen-bond acceptors (Lipinski definition) is 4. The Morgan fingerprint density at radius 2 is 1.88 bits per heavy atom. The van der Waals surface area contributed by atoms with Crippen LogP contribution in [0.25, 0.3) is 0 Å². The van der Waals surface area contributed by atoms with Gasteiger partial charge in [0.05, 0.1) is 12.7 Å². The highest BCUT2D eigenvalue weighted by atomic mass is 16.5. The number of nitrogens with zero attached hydrogens (tertiary/aromatic N) is 2. The van der Waals surface area contributed by atoms with Gasteiger partial charge in [-0.3, -0.25) is 9.59 Å². The van der Waals surface area contributed by atoms with Crippen LogP contribution in [0.5, 0.6) is 0 Å². The number of benzene rings is 2. The molecule has 0 radical (unpaired) electrons. The molecule has 34 heavy (non-hydrogen) atoms. The van der Waals surface area contributed by atoms with Crippen molar-refractivity contribution in [1.29, 1.82) is 0 Å². The van der Waals surface area contributed by atoms with Gasteiger partial charge in [-0.1, -0.05) is 61.5 Å². The zero-order valence-electron chi connectivity index (χ0n) is 20.2. The summed E-state index contributed by atoms with van der Waals surface area (Å²) in [5.74, 6) is 0.220. The molecule has 1 saturated heterocycles. The lowest BCUT2D eigenvalue weighted by Gasteiger charge is -2.27. The summed E-state index contributed by atoms with van der Waals surface area (Å²) in [4.78, 5) is 28.5. The summed E-state index contributed by atoms with van der Waals surface area (Å²) in [6, 6.07) is 17.8. The van der Waals surface area contributed by atoms with Crippen LogP contribution in [0.1, 0.15) is 49.8 Å². The number of methoxy groups -OCH3 is 1. The number of aliphatic hydroxyl groups excluding tert-OH is 1. The van der Waals surface area contributed by atoms with E-state index in [9.17, 15) is 14.7 Å². The minimum Gasteiger partial charge on any atom is -0.395 e. The number of carbonyl (C=O) groups excluding carboxylic acids is 2. The molecule has 0 saturated carbocycles. The van der Waals surface area contributed by atoms with Gasteiger partial charge in [0.2, 0.25) is 11.8 Å². The van der Waals surface area contributed by atoms with Gasteiger partial charge in [-0.15, -0.1) is 0 Å². The van der Waals surface area contributed by atoms with E-state index < -0.39 is 0 Å². The van der Waals surface area contributed by atoms with Crippen molar-refractivity contribution in [3.05, 3.63) is 77.9 Å². The molecule has 1 fully saturated rings. The van der Waals surface area contributed by atoms with Crippen LogP contribution in [0, 0.1) is 5.92 Å². The fourth-order valence-corrected chi connectivity index (χ4v) is 4.41. The van der Waals surface area contributed by atoms with Crippen molar-refractivity contribution in [3.63, 3.8) is 0 Å². The number of aliphatic hydroxyl groups is 1. The van der Waals surface area contributed by atoms with E-state index in [2.05, 4.69) is 6.92 Å². The zero-order chi connectivity index (χ0) is 24.3. The lowest BCUT2D eigenvalue weighted by atomic mass is 9.96. The Bertz CT molecular complexity index is 943. The molecular formula is C28H36N2O4. The van der Waals surface area contributed by atoms with E-state index in [4.69, 9.17) is 4.74 Å². The minimum atomic E-state index is -0.157. The van der Waals surface area contributed by atoms with Crippen LogP contribution in [0.2, 0.25) is 0 Å². The summed E-state index contributed by atoms with van der Waals surface area (Å²) in [7, 11) is 1.69. The number of carbonyl (C=O) groups is 2. The summed E-state index contributed by atoms with van der Waals surface area (Å²) in [6.07, 6.45) is 6.62. The van der Waals surface area contributed by atoms with Crippen LogP contribution in [-0.4, -0.2) is 48.6 Å². The highest BCUT2D eigenvalue weighted by Gasteiger charge is 2.21. The van der Waals surface area contributed by atoms with Crippen LogP contribution in [-0.2, 0) is 20.9 Å². The highest BCUT2D eigenvalue weighted by Crippen LogP contribution is 2.29. The summed E-state index contributed by atoms with van der Waals surface area (Å²) in [6.45, 7) is 3.56. The van der Waals surface area contributed by atoms with E-state index in [0.717, 1.165) is 36.2 Å². The quantitative estimate of drug-likeness (QED) is 0.497. The second kappa shape index (κ2) is 13.1. The first-order valence-electron chi connectivity index (χ1n) is 12.1. The average molecular weight is 465 g/mol. The average Bonchev–Trinajstić information content (AvgIpc) is 2.85. The van der Waals surface area contributed by atoms with E-state index in [1.54, 1.807) is 12.0 Å². The third-order valence-electron chi connectivity index (χ3n) is 6.26. The number of hydrogen-bond donors (Lipinski definition) is 1. The number of amides is 2. The van der Waals surface area contributed by atoms with E-state index in [-0.39, 0.29) is 36.9 Å². The summed E-state index contributed by atoms with van der Waals surface area (Å²) < 4.78 is 5.77. The van der Waals surface area contributed by atoms with Crippen molar-refractivity contribution < 1.29 is 19.4 Å². The normalized spacial score (nSPS) is 16.0. The topological polar surface area (TPSA) is 70.1 Å². The van der Waals surface area contributed by atoms with Gasteiger partial charge in [-0.25, -0.2) is 0 Å². The molecule has 6 nitrogen and oxygen atoms in total. The molecule has 0 aliphatic carbocycles. The number of anilines is 1. The van der Waals surface area contributed by atoms with E-state index in [1.165, 1.54) is 0 Å². The van der Waals surface area contributed by atoms with Crippen LogP contribution in [0.3, 0.4) is 0 Å². The smallest absolute Gasteiger partial charge is 0.226 e. The Hall–Kier alpha value is -2.96. The van der Waals surface area contributed by atoms with Crippen LogP contribution in [0.15, 0.2) is 66.7 Å². The minimum absolute atomic E-state index is 0.0223. The molecule has 2 aromatic rings. The standard InChI is InChI=1S/C28H36N2O4/c1-22(9-8-13-26(32)29(19-20-31)21-23-10-4-3-5-11-23)28(34-2)24-14-16-25(17-15-24)30-18-7-6-12-27(30)33/h3-5,8-11,14-17,22,28,31H,6-7,12-13,18-21H2,1-2H3/b9-8+/t22-,28+/m1/s1. The lowest BCUT2D eigenvalue weighted by Crippen LogP contribution is -2.35. The van der Waals surface area contributed by atoms with Gasteiger partial charge >= 0.3 is 0 Å². The molecule has 2 atom stereocenters. The SMILES string of the molecule is CO[C@H](c1ccc(N2CCCCC2=O)cc1)[C@H](C)/C=C/CC(=O)N(CCO)Cc1ccccc1. The van der Waals surface area contributed by atoms with E-state index in [1.807, 2.05) is 71.6 Å². The predicted octanol–water partition coefficient (Wildman–Crippen LogP) is 4.49. The second-order valence-corrected chi connectivity index (χ2v) is 8.77. The molecular weight excluding hydrogens is 428 g/mol. The number of piperidine rings is 1. The Morgan fingerprint density at radius 3 is 2.53 bits per heavy atom. The monoisotopic (exact) mass is 464 g/mol. The van der Waals surface area contributed by atoms with Crippen molar-refractivity contribution in [3.8, 4) is 0 Å². The molecule has 0 bridgehead atoms. The fourth-order valence-electron chi connectivity index (χ4n) is 4.41. The summed E-state index contributed by atoms with van der Waals surface area (Å²) in [5, 5.41) is 9.38. The highest BCUT2D eigenvalue weighted by molar-refractivity contribution is 5.93. The molecule has 0 unspecified atom stereocenters. The fraction of sp³-hybridized carbons (Fsp3) is 0.429. The van der Waals surface area contributed by atoms with Gasteiger partial charge in [-0.05, 0) is 36.1 Å². The molecule has 2 aromatic carbocycles. The maximum Gasteiger partial charge on any atom is 0.226 e. The lowest BCUT2D eigenvalue weighted by molar-refractivity contribution is -0.131. The molecule has 182 valence electrons. The molecule has 0 aromatic heterocycles. The first-order chi connectivity index (χ1) is 16.5. The number of rotatable bonds is 11. The molecule has 6 heteroatoms. The van der Waals surface area contributed by atoms with Crippen LogP contribution < -0.4 is 4.90 Å². The molecule has 0 spiro atoms. The van der Waals surface area contributed by atoms with Gasteiger partial charge in [0.15, 0.2) is 0 Å². The van der Waals surface area contributed by atoms with E-state index in [0.29, 0.717) is 19.5 Å². The van der Waals surface area contributed by atoms with Gasteiger partial charge in [-0.2, -0.15) is 0 Å². The van der Waals surface area contributed by atoms with Crippen LogP contribution >= 0.6 is 0 Å². The van der Waals surface area contributed by atoms with Crippen LogP contribution in [0.4, 0.5) is 5.69 Å². The van der Waals surface area contributed by atoms with Crippen molar-refractivity contribution >= 4 is 17.5 Å². The zero-order valence-corrected chi connectivity index (χ0v) is 20.2. The molecule has 1 heterocycles. The largest absolute Gasteiger partial charge is 0.395 e. The Kier molecular flexibility index (Phi) is 9.86. The third-order valence-corrected chi connectivity index (χ3v) is 6.26. The van der Waals surface area contributed by atoms with Gasteiger partial charge in [0.25, 0.3) is 0 Å². The molecule has 3 rings (SSSR count).